The minimum Gasteiger partial charge on any atom is -0.286 e. The van der Waals surface area contributed by atoms with Crippen LogP contribution in [0.5, 0.6) is 0 Å². The number of nitrogens with zero attached hydrogens (tertiary/aromatic N) is 1. The quantitative estimate of drug-likeness (QED) is 0.487. The fraction of sp³-hybridized carbons (Fsp3) is 0.0714. The Morgan fingerprint density at radius 1 is 1.18 bits per heavy atom. The van der Waals surface area contributed by atoms with Crippen molar-refractivity contribution >= 4 is 22.8 Å². The molecule has 2 rings (SSSR count). The summed E-state index contributed by atoms with van der Waals surface area (Å²) in [5.74, 6) is -0.446. The lowest BCUT2D eigenvalue weighted by Crippen LogP contribution is -2.19. The Bertz CT molecular complexity index is 573. The van der Waals surface area contributed by atoms with Crippen LogP contribution in [0.2, 0.25) is 0 Å². The van der Waals surface area contributed by atoms with Crippen molar-refractivity contribution in [3.63, 3.8) is 0 Å². The predicted octanol–water partition coefficient (Wildman–Crippen LogP) is 2.70. The second-order valence-corrected chi connectivity index (χ2v) is 3.80. The van der Waals surface area contributed by atoms with Gasteiger partial charge in [0.2, 0.25) is 0 Å². The summed E-state index contributed by atoms with van der Waals surface area (Å²) >= 11 is 0. The minimum atomic E-state index is -0.446. The van der Waals surface area contributed by atoms with Crippen molar-refractivity contribution in [3.8, 4) is 0 Å². The van der Waals surface area contributed by atoms with Gasteiger partial charge in [0.15, 0.2) is 0 Å². The summed E-state index contributed by atoms with van der Waals surface area (Å²) in [6.45, 7) is 0. The van der Waals surface area contributed by atoms with Gasteiger partial charge in [-0.2, -0.15) is 0 Å². The van der Waals surface area contributed by atoms with E-state index >= 15 is 0 Å². The van der Waals surface area contributed by atoms with Gasteiger partial charge >= 0.3 is 0 Å². The molecule has 0 aliphatic rings. The van der Waals surface area contributed by atoms with Crippen molar-refractivity contribution in [3.05, 3.63) is 54.1 Å². The molecule has 1 N–H and O–H groups in total. The Morgan fingerprint density at radius 2 is 1.88 bits per heavy atom. The van der Waals surface area contributed by atoms with E-state index in [2.05, 4.69) is 0 Å². The molecule has 3 heteroatoms. The Kier molecular flexibility index (Phi) is 3.21. The van der Waals surface area contributed by atoms with Crippen molar-refractivity contribution in [2.75, 3.05) is 7.05 Å². The number of hydroxylamine groups is 2. The Hall–Kier alpha value is -2.13. The third kappa shape index (κ3) is 2.71. The molecule has 0 aliphatic carbocycles. The van der Waals surface area contributed by atoms with E-state index in [1.54, 1.807) is 6.08 Å². The number of fused-ring (bicyclic) bond motifs is 1. The van der Waals surface area contributed by atoms with Crippen LogP contribution in [0.4, 0.5) is 0 Å². The first kappa shape index (κ1) is 11.4. The van der Waals surface area contributed by atoms with Crippen LogP contribution in [0.1, 0.15) is 5.56 Å². The fourth-order valence-corrected chi connectivity index (χ4v) is 1.59. The van der Waals surface area contributed by atoms with Crippen molar-refractivity contribution in [2.24, 2.45) is 0 Å². The highest BCUT2D eigenvalue weighted by Gasteiger charge is 1.99. The second-order valence-electron chi connectivity index (χ2n) is 3.80. The van der Waals surface area contributed by atoms with E-state index in [1.807, 2.05) is 42.5 Å². The normalized spacial score (nSPS) is 10.9. The van der Waals surface area contributed by atoms with Gasteiger partial charge in [-0.15, -0.1) is 0 Å². The average Bonchev–Trinajstić information content (AvgIpc) is 2.35. The van der Waals surface area contributed by atoms with Gasteiger partial charge in [-0.3, -0.25) is 10.0 Å². The highest BCUT2D eigenvalue weighted by molar-refractivity contribution is 5.92. The molecule has 3 nitrogen and oxygen atoms in total. The van der Waals surface area contributed by atoms with Crippen LogP contribution in [0.3, 0.4) is 0 Å². The Labute approximate surface area is 99.6 Å². The van der Waals surface area contributed by atoms with E-state index in [-0.39, 0.29) is 0 Å². The molecule has 0 fully saturated rings. The second kappa shape index (κ2) is 4.80. The maximum Gasteiger partial charge on any atom is 0.269 e. The third-order valence-electron chi connectivity index (χ3n) is 2.51. The molecule has 0 bridgehead atoms. The lowest BCUT2D eigenvalue weighted by Gasteiger charge is -2.03. The molecular weight excluding hydrogens is 214 g/mol. The molecule has 0 saturated carbocycles. The van der Waals surface area contributed by atoms with Crippen molar-refractivity contribution in [1.82, 2.24) is 5.06 Å². The molecule has 0 atom stereocenters. The fourth-order valence-electron chi connectivity index (χ4n) is 1.59. The topological polar surface area (TPSA) is 40.5 Å². The molecule has 0 aromatic heterocycles. The van der Waals surface area contributed by atoms with E-state index in [1.165, 1.54) is 13.1 Å². The Morgan fingerprint density at radius 3 is 2.59 bits per heavy atom. The number of carbonyl (C=O) groups is 1. The standard InChI is InChI=1S/C14H13NO2/c1-15(17)14(16)9-7-11-6-8-12-4-2-3-5-13(12)10-11/h2-10,17H,1H3/b9-7+. The lowest BCUT2D eigenvalue weighted by atomic mass is 10.1. The maximum atomic E-state index is 11.2. The molecule has 0 spiro atoms. The molecule has 2 aromatic carbocycles. The van der Waals surface area contributed by atoms with Crippen LogP contribution in [0, 0.1) is 0 Å². The third-order valence-corrected chi connectivity index (χ3v) is 2.51. The first-order chi connectivity index (χ1) is 8.16. The number of amides is 1. The zero-order chi connectivity index (χ0) is 12.3. The van der Waals surface area contributed by atoms with Crippen molar-refractivity contribution in [1.29, 1.82) is 0 Å². The highest BCUT2D eigenvalue weighted by atomic mass is 16.5. The van der Waals surface area contributed by atoms with Crippen LogP contribution >= 0.6 is 0 Å². The van der Waals surface area contributed by atoms with Gasteiger partial charge in [0.05, 0.1) is 0 Å². The van der Waals surface area contributed by atoms with Crippen LogP contribution in [0.25, 0.3) is 16.8 Å². The summed E-state index contributed by atoms with van der Waals surface area (Å²) in [7, 11) is 1.30. The molecule has 0 unspecified atom stereocenters. The summed E-state index contributed by atoms with van der Waals surface area (Å²) in [5, 5.41) is 11.7. The largest absolute Gasteiger partial charge is 0.286 e. The Balaban J connectivity index is 2.28. The summed E-state index contributed by atoms with van der Waals surface area (Å²) in [6.07, 6.45) is 3.02. The summed E-state index contributed by atoms with van der Waals surface area (Å²) in [5.41, 5.74) is 0.930. The zero-order valence-electron chi connectivity index (χ0n) is 9.50. The number of hydrogen-bond acceptors (Lipinski definition) is 2. The number of benzene rings is 2. The van der Waals surface area contributed by atoms with Crippen LogP contribution in [-0.2, 0) is 4.79 Å². The number of hydrogen-bond donors (Lipinski definition) is 1. The lowest BCUT2D eigenvalue weighted by molar-refractivity contribution is -0.153. The molecule has 17 heavy (non-hydrogen) atoms. The SMILES string of the molecule is CN(O)C(=O)/C=C/c1ccc2ccccc2c1. The monoisotopic (exact) mass is 227 g/mol. The summed E-state index contributed by atoms with van der Waals surface area (Å²) in [6, 6.07) is 14.0. The average molecular weight is 227 g/mol. The van der Waals surface area contributed by atoms with E-state index in [0.29, 0.717) is 5.06 Å². The van der Waals surface area contributed by atoms with E-state index in [4.69, 9.17) is 5.21 Å². The van der Waals surface area contributed by atoms with Gasteiger partial charge in [-0.1, -0.05) is 36.4 Å². The van der Waals surface area contributed by atoms with Gasteiger partial charge in [-0.25, -0.2) is 5.06 Å². The van der Waals surface area contributed by atoms with Crippen LogP contribution < -0.4 is 0 Å². The first-order valence-corrected chi connectivity index (χ1v) is 5.30. The van der Waals surface area contributed by atoms with Crippen molar-refractivity contribution in [2.45, 2.75) is 0 Å². The molecule has 86 valence electrons. The summed E-state index contributed by atoms with van der Waals surface area (Å²) < 4.78 is 0. The number of likely N-dealkylation sites (N-methyl/N-ethyl adjacent to an activating group) is 1. The van der Waals surface area contributed by atoms with Gasteiger partial charge in [0.25, 0.3) is 5.91 Å². The minimum absolute atomic E-state index is 0.446. The predicted molar refractivity (Wildman–Crippen MR) is 67.5 cm³/mol. The van der Waals surface area contributed by atoms with E-state index < -0.39 is 5.91 Å². The maximum absolute atomic E-state index is 11.2. The number of carbonyl (C=O) groups excluding carboxylic acids is 1. The van der Waals surface area contributed by atoms with Crippen LogP contribution in [0.15, 0.2) is 48.5 Å². The van der Waals surface area contributed by atoms with Gasteiger partial charge in [0.1, 0.15) is 0 Å². The number of rotatable bonds is 2. The molecule has 0 aliphatic heterocycles. The van der Waals surface area contributed by atoms with Crippen LogP contribution in [-0.4, -0.2) is 23.2 Å². The molecule has 1 amide bonds. The highest BCUT2D eigenvalue weighted by Crippen LogP contribution is 2.16. The van der Waals surface area contributed by atoms with E-state index in [0.717, 1.165) is 16.3 Å². The van der Waals surface area contributed by atoms with Gasteiger partial charge < -0.3 is 0 Å². The smallest absolute Gasteiger partial charge is 0.269 e. The zero-order valence-corrected chi connectivity index (χ0v) is 9.50. The molecule has 0 radical (unpaired) electrons. The van der Waals surface area contributed by atoms with Gasteiger partial charge in [-0.05, 0) is 28.5 Å². The molecule has 2 aromatic rings. The van der Waals surface area contributed by atoms with Gasteiger partial charge in [0, 0.05) is 13.1 Å². The van der Waals surface area contributed by atoms with E-state index in [9.17, 15) is 4.79 Å². The van der Waals surface area contributed by atoms with Crippen molar-refractivity contribution < 1.29 is 10.0 Å². The molecule has 0 saturated heterocycles. The first-order valence-electron chi connectivity index (χ1n) is 5.30. The molecular formula is C14H13NO2. The molecule has 0 heterocycles. The summed E-state index contributed by atoms with van der Waals surface area (Å²) in [4.78, 5) is 11.2.